The van der Waals surface area contributed by atoms with Gasteiger partial charge < -0.3 is 15.0 Å². The highest BCUT2D eigenvalue weighted by atomic mass is 32.2. The summed E-state index contributed by atoms with van der Waals surface area (Å²) in [6, 6.07) is 11.4. The Morgan fingerprint density at radius 2 is 1.84 bits per heavy atom. The van der Waals surface area contributed by atoms with Crippen LogP contribution in [0.5, 0.6) is 5.75 Å². The molecule has 0 aliphatic heterocycles. The highest BCUT2D eigenvalue weighted by Gasteiger charge is 2.15. The molecule has 11 nitrogen and oxygen atoms in total. The minimum atomic E-state index is -0.485. The number of nitrogens with two attached hydrogens (primary N) is 1. The average Bonchev–Trinajstić information content (AvgIpc) is 3.39. The van der Waals surface area contributed by atoms with Crippen molar-refractivity contribution in [2.45, 2.75) is 17.5 Å². The maximum atomic E-state index is 12.9. The molecule has 2 heterocycles. The summed E-state index contributed by atoms with van der Waals surface area (Å²) in [4.78, 5) is 10.2. The minimum absolute atomic E-state index is 0.0273. The molecule has 0 radical (unpaired) electrons. The highest BCUT2D eigenvalue weighted by Crippen LogP contribution is 2.25. The monoisotopic (exact) mass is 443 g/mol. The van der Waals surface area contributed by atoms with Crippen LogP contribution < -0.4 is 10.6 Å². The molecule has 2 aromatic carbocycles. The summed E-state index contributed by atoms with van der Waals surface area (Å²) < 4.78 is 25.3. The molecule has 4 rings (SSSR count). The Labute approximate surface area is 178 Å². The number of hydrogen-bond donors (Lipinski definition) is 1. The minimum Gasteiger partial charge on any atom is -0.486 e. The molecule has 0 saturated carbocycles. The number of nitrogens with zero attached hydrogens (tertiary/aromatic N) is 6. The van der Waals surface area contributed by atoms with Gasteiger partial charge in [-0.1, -0.05) is 11.8 Å². The zero-order chi connectivity index (χ0) is 21.8. The number of thioether (sulfide) groups is 1. The van der Waals surface area contributed by atoms with Crippen LogP contribution in [0.1, 0.15) is 11.7 Å². The number of nitro groups is 1. The second-order valence-corrected chi connectivity index (χ2v) is 7.05. The topological polar surface area (TPSA) is 148 Å². The molecule has 0 bridgehead atoms. The molecular formula is C18H14FN7O4S. The first kappa shape index (κ1) is 20.3. The fourth-order valence-electron chi connectivity index (χ4n) is 2.46. The van der Waals surface area contributed by atoms with E-state index >= 15 is 0 Å². The van der Waals surface area contributed by atoms with Crippen molar-refractivity contribution in [3.8, 4) is 17.2 Å². The fraction of sp³-hybridized carbons (Fsp3) is 0.111. The number of benzene rings is 2. The molecule has 0 spiro atoms. The number of nitro benzene ring substituents is 1. The van der Waals surface area contributed by atoms with Crippen LogP contribution in [0.25, 0.3) is 11.5 Å². The molecule has 0 amide bonds. The summed E-state index contributed by atoms with van der Waals surface area (Å²) in [7, 11) is 0. The van der Waals surface area contributed by atoms with Crippen LogP contribution in [0.3, 0.4) is 0 Å². The Balaban J connectivity index is 1.35. The van der Waals surface area contributed by atoms with Crippen molar-refractivity contribution in [2.24, 2.45) is 0 Å². The van der Waals surface area contributed by atoms with E-state index in [-0.39, 0.29) is 29.8 Å². The van der Waals surface area contributed by atoms with Gasteiger partial charge in [-0.15, -0.1) is 20.4 Å². The lowest BCUT2D eigenvalue weighted by Gasteiger charge is -2.06. The van der Waals surface area contributed by atoms with E-state index in [1.165, 1.54) is 65.0 Å². The van der Waals surface area contributed by atoms with Crippen LogP contribution in [-0.4, -0.2) is 30.0 Å². The summed E-state index contributed by atoms with van der Waals surface area (Å²) in [6.07, 6.45) is 0. The number of non-ortho nitro benzene ring substituents is 1. The molecule has 0 unspecified atom stereocenters. The first-order valence-corrected chi connectivity index (χ1v) is 9.76. The van der Waals surface area contributed by atoms with Gasteiger partial charge in [-0.2, -0.15) is 0 Å². The molecule has 0 fully saturated rings. The summed E-state index contributed by atoms with van der Waals surface area (Å²) in [6.45, 7) is 0.0561. The Morgan fingerprint density at radius 3 is 2.55 bits per heavy atom. The first-order valence-electron chi connectivity index (χ1n) is 8.77. The number of halogens is 1. The third-order valence-corrected chi connectivity index (χ3v) is 4.96. The van der Waals surface area contributed by atoms with Gasteiger partial charge in [0.15, 0.2) is 5.82 Å². The standard InChI is InChI=1S/C18H14FN7O4S/c19-12-3-7-14(8-4-12)29-9-15-21-24-18(25(15)20)31-10-16-22-23-17(30-16)11-1-5-13(6-2-11)26(27)28/h1-8H,9-10,20H2. The lowest BCUT2D eigenvalue weighted by atomic mass is 10.2. The van der Waals surface area contributed by atoms with Crippen molar-refractivity contribution in [3.05, 3.63) is 76.2 Å². The molecule has 4 aromatic rings. The summed E-state index contributed by atoms with van der Waals surface area (Å²) in [5.41, 5.74) is 0.539. The number of rotatable bonds is 8. The molecule has 31 heavy (non-hydrogen) atoms. The molecule has 158 valence electrons. The van der Waals surface area contributed by atoms with Crippen molar-refractivity contribution < 1.29 is 18.5 Å². The summed E-state index contributed by atoms with van der Waals surface area (Å²) in [5.74, 6) is 7.35. The number of hydrogen-bond acceptors (Lipinski definition) is 10. The average molecular weight is 443 g/mol. The Morgan fingerprint density at radius 1 is 1.10 bits per heavy atom. The summed E-state index contributed by atoms with van der Waals surface area (Å²) in [5, 5.41) is 27.0. The van der Waals surface area contributed by atoms with Crippen molar-refractivity contribution >= 4 is 17.4 Å². The highest BCUT2D eigenvalue weighted by molar-refractivity contribution is 7.98. The Bertz CT molecular complexity index is 1190. The molecule has 2 N–H and O–H groups in total. The molecule has 0 aliphatic rings. The quantitative estimate of drug-likeness (QED) is 0.186. The molecule has 13 heteroatoms. The molecule has 0 aliphatic carbocycles. The van der Waals surface area contributed by atoms with Gasteiger partial charge in [0.25, 0.3) is 5.69 Å². The zero-order valence-corrected chi connectivity index (χ0v) is 16.5. The maximum absolute atomic E-state index is 12.9. The maximum Gasteiger partial charge on any atom is 0.269 e. The number of aromatic nitrogens is 5. The van der Waals surface area contributed by atoms with Crippen molar-refractivity contribution in [1.29, 1.82) is 0 Å². The van der Waals surface area contributed by atoms with Gasteiger partial charge >= 0.3 is 0 Å². The number of ether oxygens (including phenoxy) is 1. The second kappa shape index (κ2) is 8.79. The van der Waals surface area contributed by atoms with Gasteiger partial charge in [0, 0.05) is 17.7 Å². The van der Waals surface area contributed by atoms with Crippen LogP contribution in [0.4, 0.5) is 10.1 Å². The summed E-state index contributed by atoms with van der Waals surface area (Å²) >= 11 is 1.23. The van der Waals surface area contributed by atoms with Crippen LogP contribution in [0.15, 0.2) is 58.1 Å². The van der Waals surface area contributed by atoms with E-state index in [4.69, 9.17) is 15.0 Å². The van der Waals surface area contributed by atoms with Crippen molar-refractivity contribution in [1.82, 2.24) is 25.1 Å². The van der Waals surface area contributed by atoms with Crippen LogP contribution >= 0.6 is 11.8 Å². The predicted molar refractivity (Wildman–Crippen MR) is 107 cm³/mol. The van der Waals surface area contributed by atoms with E-state index in [2.05, 4.69) is 20.4 Å². The van der Waals surface area contributed by atoms with Crippen LogP contribution in [0.2, 0.25) is 0 Å². The largest absolute Gasteiger partial charge is 0.486 e. The lowest BCUT2D eigenvalue weighted by molar-refractivity contribution is -0.384. The van der Waals surface area contributed by atoms with Gasteiger partial charge in [0.2, 0.25) is 16.9 Å². The Hall–Kier alpha value is -4.00. The third-order valence-electron chi connectivity index (χ3n) is 4.03. The van der Waals surface area contributed by atoms with Crippen molar-refractivity contribution in [3.63, 3.8) is 0 Å². The molecule has 2 aromatic heterocycles. The van der Waals surface area contributed by atoms with E-state index < -0.39 is 4.92 Å². The SMILES string of the molecule is Nn1c(COc2ccc(F)cc2)nnc1SCc1nnc(-c2ccc([N+](=O)[O-])cc2)o1. The van der Waals surface area contributed by atoms with Crippen molar-refractivity contribution in [2.75, 3.05) is 5.84 Å². The van der Waals surface area contributed by atoms with Crippen LogP contribution in [0, 0.1) is 15.9 Å². The third kappa shape index (κ3) is 4.78. The van der Waals surface area contributed by atoms with Crippen LogP contribution in [-0.2, 0) is 12.4 Å². The van der Waals surface area contributed by atoms with E-state index in [0.717, 1.165) is 0 Å². The Kier molecular flexibility index (Phi) is 5.75. The molecule has 0 atom stereocenters. The van der Waals surface area contributed by atoms with E-state index in [1.54, 1.807) is 0 Å². The molecular weight excluding hydrogens is 429 g/mol. The second-order valence-electron chi connectivity index (χ2n) is 6.11. The van der Waals surface area contributed by atoms with Gasteiger partial charge in [-0.25, -0.2) is 9.07 Å². The molecule has 0 saturated heterocycles. The van der Waals surface area contributed by atoms with Gasteiger partial charge in [0.1, 0.15) is 18.2 Å². The van der Waals surface area contributed by atoms with Gasteiger partial charge in [-0.05, 0) is 36.4 Å². The fourth-order valence-corrected chi connectivity index (χ4v) is 3.18. The smallest absolute Gasteiger partial charge is 0.269 e. The van der Waals surface area contributed by atoms with Gasteiger partial charge in [-0.3, -0.25) is 10.1 Å². The first-order chi connectivity index (χ1) is 15.0. The zero-order valence-electron chi connectivity index (χ0n) is 15.7. The van der Waals surface area contributed by atoms with E-state index in [0.29, 0.717) is 28.2 Å². The van der Waals surface area contributed by atoms with E-state index in [9.17, 15) is 14.5 Å². The lowest BCUT2D eigenvalue weighted by Crippen LogP contribution is -2.15. The van der Waals surface area contributed by atoms with E-state index in [1.807, 2.05) is 0 Å². The number of nitrogen functional groups attached to an aromatic ring is 1. The van der Waals surface area contributed by atoms with Gasteiger partial charge in [0.05, 0.1) is 10.7 Å². The normalized spacial score (nSPS) is 10.9. The predicted octanol–water partition coefficient (Wildman–Crippen LogP) is 2.96.